The maximum absolute atomic E-state index is 13.1. The Morgan fingerprint density at radius 3 is 2.13 bits per heavy atom. The number of fused-ring (bicyclic) bond motifs is 1. The van der Waals surface area contributed by atoms with Gasteiger partial charge in [-0.2, -0.15) is 0 Å². The van der Waals surface area contributed by atoms with Crippen molar-refractivity contribution >= 4 is 61.8 Å². The Bertz CT molecular complexity index is 1880. The first kappa shape index (κ1) is 35.9. The third kappa shape index (κ3) is 7.97. The molecular formula is C36H48N6O3S2. The van der Waals surface area contributed by atoms with Gasteiger partial charge in [-0.15, -0.1) is 12.6 Å². The molecule has 0 fully saturated rings. The Morgan fingerprint density at radius 1 is 0.915 bits per heavy atom. The Hall–Kier alpha value is -3.93. The lowest BCUT2D eigenvalue weighted by molar-refractivity contribution is -0.116. The van der Waals surface area contributed by atoms with Crippen LogP contribution in [0.5, 0.6) is 5.75 Å². The summed E-state index contributed by atoms with van der Waals surface area (Å²) in [5, 5.41) is 2.13. The molecule has 0 aliphatic heterocycles. The van der Waals surface area contributed by atoms with E-state index in [0.29, 0.717) is 30.2 Å². The van der Waals surface area contributed by atoms with E-state index in [9.17, 15) is 9.00 Å². The van der Waals surface area contributed by atoms with Crippen molar-refractivity contribution in [3.8, 4) is 5.75 Å². The second kappa shape index (κ2) is 14.5. The SMILES string of the molecule is CCN(CC)S(=N)(=O)c1ccc(NNc2cc(OC)c(NNc3c(C)cc4cc(S)cc(CC(C)=O)c4c3C(C)(C)C)cc2C)cc1. The molecule has 0 aliphatic rings. The van der Waals surface area contributed by atoms with E-state index in [1.807, 2.05) is 51.1 Å². The molecule has 5 N–H and O–H groups in total. The predicted molar refractivity (Wildman–Crippen MR) is 200 cm³/mol. The number of carbonyl (C=O) groups excluding carboxylic acids is 1. The van der Waals surface area contributed by atoms with Crippen LogP contribution < -0.4 is 26.4 Å². The van der Waals surface area contributed by atoms with Crippen LogP contribution in [0, 0.1) is 18.6 Å². The van der Waals surface area contributed by atoms with Gasteiger partial charge >= 0.3 is 0 Å². The van der Waals surface area contributed by atoms with Crippen molar-refractivity contribution in [1.82, 2.24) is 4.31 Å². The van der Waals surface area contributed by atoms with Gasteiger partial charge in [0, 0.05) is 30.5 Å². The van der Waals surface area contributed by atoms with E-state index in [-0.39, 0.29) is 11.2 Å². The van der Waals surface area contributed by atoms with Gasteiger partial charge in [0.1, 0.15) is 21.4 Å². The first-order chi connectivity index (χ1) is 22.1. The van der Waals surface area contributed by atoms with Crippen molar-refractivity contribution in [3.63, 3.8) is 0 Å². The summed E-state index contributed by atoms with van der Waals surface area (Å²) >= 11 is 4.63. The minimum atomic E-state index is -3.03. The molecule has 0 aliphatic carbocycles. The first-order valence-corrected chi connectivity index (χ1v) is 17.7. The average molecular weight is 677 g/mol. The molecule has 1 atom stereocenters. The summed E-state index contributed by atoms with van der Waals surface area (Å²) in [7, 11) is -1.40. The minimum Gasteiger partial charge on any atom is -0.494 e. The molecule has 0 radical (unpaired) electrons. The average Bonchev–Trinajstić information content (AvgIpc) is 2.99. The van der Waals surface area contributed by atoms with E-state index < -0.39 is 9.92 Å². The van der Waals surface area contributed by atoms with Crippen molar-refractivity contribution in [2.24, 2.45) is 0 Å². The van der Waals surface area contributed by atoms with Gasteiger partial charge < -0.3 is 21.0 Å². The van der Waals surface area contributed by atoms with Crippen LogP contribution in [-0.4, -0.2) is 34.5 Å². The summed E-state index contributed by atoms with van der Waals surface area (Å²) in [5.41, 5.74) is 20.5. The van der Waals surface area contributed by atoms with Crippen LogP contribution in [0.4, 0.5) is 22.7 Å². The van der Waals surface area contributed by atoms with Gasteiger partial charge in [-0.3, -0.25) is 10.2 Å². The molecule has 0 heterocycles. The van der Waals surface area contributed by atoms with Gasteiger partial charge in [0.25, 0.3) is 0 Å². The largest absolute Gasteiger partial charge is 0.494 e. The van der Waals surface area contributed by atoms with Crippen molar-refractivity contribution < 1.29 is 13.7 Å². The Balaban J connectivity index is 1.60. The second-order valence-corrected chi connectivity index (χ2v) is 15.4. The summed E-state index contributed by atoms with van der Waals surface area (Å²) < 4.78 is 28.9. The zero-order valence-corrected chi connectivity index (χ0v) is 30.6. The van der Waals surface area contributed by atoms with Gasteiger partial charge in [0.15, 0.2) is 0 Å². The third-order valence-electron chi connectivity index (χ3n) is 8.14. The number of carbonyl (C=O) groups is 1. The smallest absolute Gasteiger partial charge is 0.145 e. The number of rotatable bonds is 13. The number of benzene rings is 4. The van der Waals surface area contributed by atoms with Crippen molar-refractivity contribution in [2.75, 3.05) is 41.9 Å². The molecule has 0 saturated carbocycles. The molecule has 0 amide bonds. The lowest BCUT2D eigenvalue weighted by atomic mass is 9.79. The molecule has 47 heavy (non-hydrogen) atoms. The zero-order chi connectivity index (χ0) is 34.7. The molecule has 4 rings (SSSR count). The quantitative estimate of drug-likeness (QED) is 0.0619. The maximum atomic E-state index is 13.1. The normalized spacial score (nSPS) is 12.9. The molecule has 11 heteroatoms. The summed E-state index contributed by atoms with van der Waals surface area (Å²) in [6.45, 7) is 17.1. The number of ether oxygens (including phenoxy) is 1. The molecule has 4 aromatic carbocycles. The molecule has 4 aromatic rings. The molecule has 9 nitrogen and oxygen atoms in total. The van der Waals surface area contributed by atoms with Crippen LogP contribution in [-0.2, 0) is 26.5 Å². The fourth-order valence-electron chi connectivity index (χ4n) is 5.89. The fourth-order valence-corrected chi connectivity index (χ4v) is 7.72. The minimum absolute atomic E-state index is 0.104. The standard InChI is InChI=1S/C36H48N6O3S2/c1-10-42(11-2)47(37,44)29-14-12-27(13-15-29)38-39-30-21-32(45-9)31(17-22(30)3)40-41-35-23(4)16-25-19-28(46)20-26(18-24(5)43)33(25)34(35)36(6,7)8/h12-17,19-21,37-41,46H,10-11,18H2,1-9H3. The number of hydrazine groups is 2. The predicted octanol–water partition coefficient (Wildman–Crippen LogP) is 8.72. The number of anilines is 4. The van der Waals surface area contributed by atoms with Crippen molar-refractivity contribution in [2.45, 2.75) is 77.0 Å². The Morgan fingerprint density at radius 2 is 1.55 bits per heavy atom. The van der Waals surface area contributed by atoms with E-state index >= 15 is 0 Å². The van der Waals surface area contributed by atoms with Crippen LogP contribution in [0.25, 0.3) is 10.8 Å². The van der Waals surface area contributed by atoms with E-state index in [2.05, 4.69) is 74.2 Å². The maximum Gasteiger partial charge on any atom is 0.145 e. The zero-order valence-electron chi connectivity index (χ0n) is 28.8. The lowest BCUT2D eigenvalue weighted by Crippen LogP contribution is -2.29. The molecule has 0 aromatic heterocycles. The molecule has 0 saturated heterocycles. The number of aryl methyl sites for hydroxylation is 2. The summed E-state index contributed by atoms with van der Waals surface area (Å²) in [6, 6.07) is 17.2. The number of hydrogen-bond acceptors (Lipinski definition) is 9. The van der Waals surface area contributed by atoms with Crippen molar-refractivity contribution in [3.05, 3.63) is 76.9 Å². The molecule has 252 valence electrons. The van der Waals surface area contributed by atoms with Gasteiger partial charge in [-0.25, -0.2) is 13.3 Å². The summed E-state index contributed by atoms with van der Waals surface area (Å²) in [4.78, 5) is 13.6. The molecular weight excluding hydrogens is 629 g/mol. The number of nitrogens with one attached hydrogen (secondary N) is 5. The second-order valence-electron chi connectivity index (χ2n) is 12.8. The molecule has 0 spiro atoms. The van der Waals surface area contributed by atoms with Gasteiger partial charge in [0.05, 0.1) is 34.8 Å². The third-order valence-corrected chi connectivity index (χ3v) is 10.6. The van der Waals surface area contributed by atoms with Crippen LogP contribution in [0.15, 0.2) is 64.4 Å². The summed E-state index contributed by atoms with van der Waals surface area (Å²) in [6.07, 6.45) is 0.338. The Labute approximate surface area is 285 Å². The highest BCUT2D eigenvalue weighted by Crippen LogP contribution is 2.42. The van der Waals surface area contributed by atoms with Crippen molar-refractivity contribution in [1.29, 1.82) is 4.78 Å². The Kier molecular flexibility index (Phi) is 11.0. The molecule has 0 bridgehead atoms. The highest BCUT2D eigenvalue weighted by atomic mass is 32.2. The highest BCUT2D eigenvalue weighted by Gasteiger charge is 2.26. The fraction of sp³-hybridized carbons (Fsp3) is 0.361. The van der Waals surface area contributed by atoms with E-state index in [1.54, 1.807) is 30.5 Å². The van der Waals surface area contributed by atoms with E-state index in [1.165, 1.54) is 0 Å². The van der Waals surface area contributed by atoms with E-state index in [0.717, 1.165) is 60.7 Å². The first-order valence-electron chi connectivity index (χ1n) is 15.8. The highest BCUT2D eigenvalue weighted by molar-refractivity contribution is 7.90. The van der Waals surface area contributed by atoms with Crippen LogP contribution in [0.1, 0.15) is 63.8 Å². The van der Waals surface area contributed by atoms with Crippen LogP contribution in [0.2, 0.25) is 0 Å². The number of ketones is 1. The number of nitrogens with zero attached hydrogens (tertiary/aromatic N) is 1. The van der Waals surface area contributed by atoms with Gasteiger partial charge in [-0.05, 0) is 108 Å². The number of Topliss-reactive ketones (excluding diaryl/α,β-unsaturated/α-hetero) is 1. The van der Waals surface area contributed by atoms with Gasteiger partial charge in [-0.1, -0.05) is 34.6 Å². The number of hydrogen-bond donors (Lipinski definition) is 6. The number of methoxy groups -OCH3 is 1. The summed E-state index contributed by atoms with van der Waals surface area (Å²) in [5.74, 6) is 0.732. The van der Waals surface area contributed by atoms with Crippen LogP contribution in [0.3, 0.4) is 0 Å². The monoisotopic (exact) mass is 676 g/mol. The van der Waals surface area contributed by atoms with Crippen LogP contribution >= 0.6 is 12.6 Å². The van der Waals surface area contributed by atoms with Gasteiger partial charge in [0.2, 0.25) is 0 Å². The topological polar surface area (TPSA) is 119 Å². The van der Waals surface area contributed by atoms with E-state index in [4.69, 9.17) is 9.52 Å². The number of thiol groups is 1. The lowest BCUT2D eigenvalue weighted by Gasteiger charge is -2.29. The molecule has 1 unspecified atom stereocenters.